The minimum absolute atomic E-state index is 0.0549. The number of pyridine rings is 1. The lowest BCUT2D eigenvalue weighted by atomic mass is 10.0. The molecule has 0 amide bonds. The van der Waals surface area contributed by atoms with Crippen molar-refractivity contribution in [3.63, 3.8) is 0 Å². The zero-order valence-corrected chi connectivity index (χ0v) is 6.94. The molecule has 0 atom stereocenters. The van der Waals surface area contributed by atoms with Crippen LogP contribution in [-0.2, 0) is 0 Å². The van der Waals surface area contributed by atoms with E-state index in [1.54, 1.807) is 6.92 Å². The van der Waals surface area contributed by atoms with Crippen molar-refractivity contribution in [3.8, 4) is 0 Å². The Bertz CT molecular complexity index is 214. The molecule has 0 fully saturated rings. The minimum Gasteiger partial charge on any atom is -0.266 e. The van der Waals surface area contributed by atoms with Crippen molar-refractivity contribution in [3.05, 3.63) is 22.1 Å². The lowest BCUT2D eigenvalue weighted by Crippen LogP contribution is -2.14. The topological polar surface area (TPSA) is 12.9 Å². The van der Waals surface area contributed by atoms with Gasteiger partial charge in [-0.2, -0.15) is 0 Å². The SMILES string of the molecule is [B]c1nc(C)c(Br)cc1F. The minimum atomic E-state index is -0.488. The molecule has 1 heterocycles. The molecule has 0 aliphatic carbocycles. The van der Waals surface area contributed by atoms with E-state index in [0.29, 0.717) is 10.2 Å². The first-order chi connectivity index (χ1) is 4.61. The Morgan fingerprint density at radius 3 is 2.80 bits per heavy atom. The summed E-state index contributed by atoms with van der Waals surface area (Å²) >= 11 is 3.12. The Labute approximate surface area is 68.2 Å². The average Bonchev–Trinajstić information content (AvgIpc) is 1.84. The summed E-state index contributed by atoms with van der Waals surface area (Å²) in [5.41, 5.74) is 0.639. The zero-order chi connectivity index (χ0) is 7.72. The van der Waals surface area contributed by atoms with Crippen LogP contribution in [0.15, 0.2) is 10.5 Å². The number of hydrogen-bond donors (Lipinski definition) is 0. The van der Waals surface area contributed by atoms with Gasteiger partial charge in [0.25, 0.3) is 0 Å². The van der Waals surface area contributed by atoms with E-state index >= 15 is 0 Å². The lowest BCUT2D eigenvalue weighted by molar-refractivity contribution is 0.629. The predicted molar refractivity (Wildman–Crippen MR) is 42.0 cm³/mol. The summed E-state index contributed by atoms with van der Waals surface area (Å²) in [4.78, 5) is 3.73. The highest BCUT2D eigenvalue weighted by molar-refractivity contribution is 9.10. The number of hydrogen-bond acceptors (Lipinski definition) is 1. The van der Waals surface area contributed by atoms with Gasteiger partial charge in [-0.05, 0) is 28.9 Å². The van der Waals surface area contributed by atoms with E-state index in [9.17, 15) is 4.39 Å². The summed E-state index contributed by atoms with van der Waals surface area (Å²) in [5.74, 6) is -0.488. The molecule has 0 aromatic carbocycles. The van der Waals surface area contributed by atoms with Gasteiger partial charge in [0.2, 0.25) is 0 Å². The van der Waals surface area contributed by atoms with Gasteiger partial charge >= 0.3 is 0 Å². The molecule has 1 rings (SSSR count). The monoisotopic (exact) mass is 199 g/mol. The van der Waals surface area contributed by atoms with Crippen molar-refractivity contribution in [1.82, 2.24) is 4.98 Å². The molecule has 0 spiro atoms. The molecule has 1 aromatic heterocycles. The van der Waals surface area contributed by atoms with Crippen LogP contribution in [-0.4, -0.2) is 12.8 Å². The predicted octanol–water partition coefficient (Wildman–Crippen LogP) is 1.09. The smallest absolute Gasteiger partial charge is 0.145 e. The highest BCUT2D eigenvalue weighted by atomic mass is 79.9. The molecular formula is C6H4BBrFN. The van der Waals surface area contributed by atoms with Crippen LogP contribution in [0.5, 0.6) is 0 Å². The first kappa shape index (κ1) is 7.73. The number of nitrogens with zero attached hydrogens (tertiary/aromatic N) is 1. The van der Waals surface area contributed by atoms with E-state index in [4.69, 9.17) is 7.85 Å². The molecule has 0 aliphatic rings. The van der Waals surface area contributed by atoms with Crippen LogP contribution in [0.25, 0.3) is 0 Å². The van der Waals surface area contributed by atoms with Gasteiger partial charge in [-0.15, -0.1) is 0 Å². The molecule has 1 aromatic rings. The van der Waals surface area contributed by atoms with Gasteiger partial charge in [-0.25, -0.2) is 4.39 Å². The fraction of sp³-hybridized carbons (Fsp3) is 0.167. The maximum absolute atomic E-state index is 12.5. The molecule has 1 nitrogen and oxygen atoms in total. The largest absolute Gasteiger partial charge is 0.266 e. The number of aromatic nitrogens is 1. The van der Waals surface area contributed by atoms with E-state index in [0.717, 1.165) is 0 Å². The maximum atomic E-state index is 12.5. The fourth-order valence-electron chi connectivity index (χ4n) is 0.577. The molecule has 10 heavy (non-hydrogen) atoms. The summed E-state index contributed by atoms with van der Waals surface area (Å²) in [6, 6.07) is 1.30. The number of halogens is 2. The Balaban J connectivity index is 3.28. The summed E-state index contributed by atoms with van der Waals surface area (Å²) in [6.07, 6.45) is 0. The number of rotatable bonds is 0. The van der Waals surface area contributed by atoms with Gasteiger partial charge in [0.1, 0.15) is 13.7 Å². The van der Waals surface area contributed by atoms with E-state index < -0.39 is 5.82 Å². The Kier molecular flexibility index (Phi) is 2.09. The second-order valence-corrected chi connectivity index (χ2v) is 2.78. The van der Waals surface area contributed by atoms with Gasteiger partial charge in [-0.1, -0.05) is 0 Å². The quantitative estimate of drug-likeness (QED) is 0.571. The van der Waals surface area contributed by atoms with Crippen molar-refractivity contribution < 1.29 is 4.39 Å². The third-order valence-corrected chi connectivity index (χ3v) is 1.93. The molecule has 0 unspecified atom stereocenters. The highest BCUT2D eigenvalue weighted by Crippen LogP contribution is 2.12. The second kappa shape index (κ2) is 2.70. The van der Waals surface area contributed by atoms with Crippen molar-refractivity contribution in [1.29, 1.82) is 0 Å². The fourth-order valence-corrected chi connectivity index (χ4v) is 0.867. The van der Waals surface area contributed by atoms with Crippen molar-refractivity contribution >= 4 is 29.4 Å². The highest BCUT2D eigenvalue weighted by Gasteiger charge is 2.01. The standard InChI is InChI=1S/C6H4BBrFN/c1-3-4(8)2-5(9)6(7)10-3/h2H,1H3. The van der Waals surface area contributed by atoms with Crippen LogP contribution < -0.4 is 5.59 Å². The third kappa shape index (κ3) is 1.37. The lowest BCUT2D eigenvalue weighted by Gasteiger charge is -1.99. The van der Waals surface area contributed by atoms with Gasteiger partial charge in [0.15, 0.2) is 0 Å². The molecule has 4 heteroatoms. The molecule has 50 valence electrons. The summed E-state index contributed by atoms with van der Waals surface area (Å²) < 4.78 is 13.2. The second-order valence-electron chi connectivity index (χ2n) is 1.92. The van der Waals surface area contributed by atoms with Crippen LogP contribution in [0.2, 0.25) is 0 Å². The molecule has 2 radical (unpaired) electrons. The summed E-state index contributed by atoms with van der Waals surface area (Å²) in [6.45, 7) is 1.75. The Hall–Kier alpha value is -0.375. The van der Waals surface area contributed by atoms with Crippen LogP contribution >= 0.6 is 15.9 Å². The van der Waals surface area contributed by atoms with Crippen molar-refractivity contribution in [2.75, 3.05) is 0 Å². The van der Waals surface area contributed by atoms with Crippen LogP contribution in [0.4, 0.5) is 4.39 Å². The normalized spacial score (nSPS) is 9.90. The summed E-state index contributed by atoms with van der Waals surface area (Å²) in [5, 5.41) is 0. The molecule has 0 bridgehead atoms. The van der Waals surface area contributed by atoms with Gasteiger partial charge in [-0.3, -0.25) is 4.98 Å². The first-order valence-corrected chi connectivity index (χ1v) is 3.48. The van der Waals surface area contributed by atoms with Crippen LogP contribution in [0, 0.1) is 12.7 Å². The first-order valence-electron chi connectivity index (χ1n) is 2.69. The Morgan fingerprint density at radius 1 is 1.70 bits per heavy atom. The zero-order valence-electron chi connectivity index (χ0n) is 5.36. The van der Waals surface area contributed by atoms with Gasteiger partial charge in [0.05, 0.1) is 5.69 Å². The van der Waals surface area contributed by atoms with E-state index in [-0.39, 0.29) is 5.59 Å². The maximum Gasteiger partial charge on any atom is 0.145 e. The van der Waals surface area contributed by atoms with Crippen molar-refractivity contribution in [2.45, 2.75) is 6.92 Å². The molecule has 0 saturated heterocycles. The third-order valence-electron chi connectivity index (χ3n) is 1.13. The molecule has 0 N–H and O–H groups in total. The molecule has 0 saturated carbocycles. The van der Waals surface area contributed by atoms with E-state index in [2.05, 4.69) is 20.9 Å². The van der Waals surface area contributed by atoms with Gasteiger partial charge < -0.3 is 0 Å². The van der Waals surface area contributed by atoms with Gasteiger partial charge in [0, 0.05) is 10.1 Å². The molecular weight excluding hydrogens is 196 g/mol. The van der Waals surface area contributed by atoms with Crippen molar-refractivity contribution in [2.24, 2.45) is 0 Å². The number of aryl methyl sites for hydroxylation is 1. The molecule has 0 aliphatic heterocycles. The van der Waals surface area contributed by atoms with E-state index in [1.807, 2.05) is 0 Å². The Morgan fingerprint density at radius 2 is 2.30 bits per heavy atom. The van der Waals surface area contributed by atoms with Crippen LogP contribution in [0.1, 0.15) is 5.69 Å². The van der Waals surface area contributed by atoms with E-state index in [1.165, 1.54) is 6.07 Å². The average molecular weight is 200 g/mol. The summed E-state index contributed by atoms with van der Waals surface area (Å²) in [7, 11) is 5.18. The van der Waals surface area contributed by atoms with Crippen LogP contribution in [0.3, 0.4) is 0 Å².